The summed E-state index contributed by atoms with van der Waals surface area (Å²) < 4.78 is 59.9. The van der Waals surface area contributed by atoms with Crippen molar-refractivity contribution in [2.45, 2.75) is 11.5 Å². The molecule has 0 aliphatic rings. The molecule has 3 aromatic rings. The highest BCUT2D eigenvalue weighted by Crippen LogP contribution is 2.29. The van der Waals surface area contributed by atoms with E-state index in [0.717, 1.165) is 12.1 Å². The Balaban J connectivity index is 1.91. The lowest BCUT2D eigenvalue weighted by atomic mass is 10.1. The van der Waals surface area contributed by atoms with Gasteiger partial charge in [-0.15, -0.1) is 0 Å². The monoisotopic (exact) mass is 405 g/mol. The standard InChI is InChI=1S/C20H17F2NO4S/c1-27-20-9-2-13(12-24)10-19(20)23-28(25,26)16-6-3-14(4-7-16)17-8-5-15(21)11-18(17)22/h2-11,23-24H,12H2,1H3. The van der Waals surface area contributed by atoms with Gasteiger partial charge < -0.3 is 9.84 Å². The van der Waals surface area contributed by atoms with Gasteiger partial charge in [0.1, 0.15) is 17.4 Å². The Kier molecular flexibility index (Phi) is 5.62. The van der Waals surface area contributed by atoms with E-state index >= 15 is 0 Å². The molecule has 0 radical (unpaired) electrons. The molecule has 2 N–H and O–H groups in total. The van der Waals surface area contributed by atoms with E-state index in [0.29, 0.717) is 16.9 Å². The average molecular weight is 405 g/mol. The van der Waals surface area contributed by atoms with Gasteiger partial charge in [0.2, 0.25) is 0 Å². The molecular formula is C20H17F2NO4S. The van der Waals surface area contributed by atoms with Crippen molar-refractivity contribution in [1.29, 1.82) is 0 Å². The van der Waals surface area contributed by atoms with Gasteiger partial charge in [0.25, 0.3) is 10.0 Å². The summed E-state index contributed by atoms with van der Waals surface area (Å²) in [5, 5.41) is 9.25. The highest BCUT2D eigenvalue weighted by molar-refractivity contribution is 7.92. The van der Waals surface area contributed by atoms with Gasteiger partial charge >= 0.3 is 0 Å². The van der Waals surface area contributed by atoms with Gasteiger partial charge in [-0.1, -0.05) is 18.2 Å². The smallest absolute Gasteiger partial charge is 0.262 e. The summed E-state index contributed by atoms with van der Waals surface area (Å²) in [6.07, 6.45) is 0. The summed E-state index contributed by atoms with van der Waals surface area (Å²) in [7, 11) is -2.55. The number of benzene rings is 3. The van der Waals surface area contributed by atoms with E-state index in [1.165, 1.54) is 43.5 Å². The van der Waals surface area contributed by atoms with Crippen LogP contribution in [-0.2, 0) is 16.6 Å². The molecule has 0 fully saturated rings. The van der Waals surface area contributed by atoms with Crippen molar-refractivity contribution in [2.24, 2.45) is 0 Å². The minimum Gasteiger partial charge on any atom is -0.495 e. The number of nitrogens with one attached hydrogen (secondary N) is 1. The highest BCUT2D eigenvalue weighted by Gasteiger charge is 2.17. The first-order chi connectivity index (χ1) is 13.3. The van der Waals surface area contributed by atoms with E-state index in [1.807, 2.05) is 0 Å². The molecule has 0 aliphatic heterocycles. The first-order valence-corrected chi connectivity index (χ1v) is 9.68. The Morgan fingerprint density at radius 2 is 1.71 bits per heavy atom. The zero-order chi connectivity index (χ0) is 20.3. The molecule has 3 rings (SSSR count). The van der Waals surface area contributed by atoms with Crippen LogP contribution < -0.4 is 9.46 Å². The maximum atomic E-state index is 13.9. The molecule has 0 aromatic heterocycles. The van der Waals surface area contributed by atoms with Gasteiger partial charge in [-0.05, 0) is 47.5 Å². The number of methoxy groups -OCH3 is 1. The summed E-state index contributed by atoms with van der Waals surface area (Å²) >= 11 is 0. The number of ether oxygens (including phenoxy) is 1. The van der Waals surface area contributed by atoms with Gasteiger partial charge in [0.05, 0.1) is 24.3 Å². The molecule has 0 saturated carbocycles. The van der Waals surface area contributed by atoms with Gasteiger partial charge in [0, 0.05) is 11.6 Å². The quantitative estimate of drug-likeness (QED) is 0.652. The molecule has 28 heavy (non-hydrogen) atoms. The number of sulfonamides is 1. The van der Waals surface area contributed by atoms with E-state index in [9.17, 15) is 22.3 Å². The topological polar surface area (TPSA) is 75.6 Å². The number of anilines is 1. The summed E-state index contributed by atoms with van der Waals surface area (Å²) in [6, 6.07) is 13.3. The molecule has 0 atom stereocenters. The summed E-state index contributed by atoms with van der Waals surface area (Å²) in [4.78, 5) is -0.0461. The zero-order valence-corrected chi connectivity index (χ0v) is 15.6. The molecule has 0 heterocycles. The van der Waals surface area contributed by atoms with Gasteiger partial charge in [-0.25, -0.2) is 17.2 Å². The lowest BCUT2D eigenvalue weighted by molar-refractivity contribution is 0.281. The molecule has 146 valence electrons. The fourth-order valence-electron chi connectivity index (χ4n) is 2.67. The Labute approximate surface area is 161 Å². The first-order valence-electron chi connectivity index (χ1n) is 8.20. The number of halogens is 2. The lowest BCUT2D eigenvalue weighted by Gasteiger charge is -2.13. The second kappa shape index (κ2) is 7.95. The van der Waals surface area contributed by atoms with E-state index < -0.39 is 21.7 Å². The molecular weight excluding hydrogens is 388 g/mol. The molecule has 0 spiro atoms. The van der Waals surface area contributed by atoms with E-state index in [4.69, 9.17) is 4.74 Å². The van der Waals surface area contributed by atoms with E-state index in [1.54, 1.807) is 12.1 Å². The van der Waals surface area contributed by atoms with Gasteiger partial charge in [-0.3, -0.25) is 4.72 Å². The van der Waals surface area contributed by atoms with Crippen molar-refractivity contribution in [3.8, 4) is 16.9 Å². The fourth-order valence-corrected chi connectivity index (χ4v) is 3.74. The normalized spacial score (nSPS) is 11.3. The van der Waals surface area contributed by atoms with Crippen molar-refractivity contribution >= 4 is 15.7 Å². The molecule has 0 saturated heterocycles. The Hall–Kier alpha value is -2.97. The highest BCUT2D eigenvalue weighted by atomic mass is 32.2. The fraction of sp³-hybridized carbons (Fsp3) is 0.100. The van der Waals surface area contributed by atoms with Crippen molar-refractivity contribution in [1.82, 2.24) is 0 Å². The minimum atomic E-state index is -3.95. The first kappa shape index (κ1) is 19.8. The molecule has 3 aromatic carbocycles. The van der Waals surface area contributed by atoms with Gasteiger partial charge in [0.15, 0.2) is 0 Å². The van der Waals surface area contributed by atoms with Crippen LogP contribution in [0.4, 0.5) is 14.5 Å². The summed E-state index contributed by atoms with van der Waals surface area (Å²) in [5.74, 6) is -1.13. The van der Waals surface area contributed by atoms with Crippen LogP contribution in [0.3, 0.4) is 0 Å². The third-order valence-electron chi connectivity index (χ3n) is 4.10. The Bertz CT molecular complexity index is 1100. The van der Waals surface area contributed by atoms with Crippen molar-refractivity contribution in [3.05, 3.63) is 77.9 Å². The number of hydrogen-bond donors (Lipinski definition) is 2. The van der Waals surface area contributed by atoms with E-state index in [2.05, 4.69) is 4.72 Å². The Morgan fingerprint density at radius 1 is 1.00 bits per heavy atom. The predicted molar refractivity (Wildman–Crippen MR) is 102 cm³/mol. The lowest BCUT2D eigenvalue weighted by Crippen LogP contribution is -2.14. The van der Waals surface area contributed by atoms with Crippen LogP contribution >= 0.6 is 0 Å². The van der Waals surface area contributed by atoms with Crippen LogP contribution in [0.15, 0.2) is 65.6 Å². The van der Waals surface area contributed by atoms with Crippen LogP contribution in [-0.4, -0.2) is 20.6 Å². The summed E-state index contributed by atoms with van der Waals surface area (Å²) in [6.45, 7) is -0.253. The zero-order valence-electron chi connectivity index (χ0n) is 14.8. The van der Waals surface area contributed by atoms with Crippen molar-refractivity contribution in [3.63, 3.8) is 0 Å². The van der Waals surface area contributed by atoms with E-state index in [-0.39, 0.29) is 22.8 Å². The van der Waals surface area contributed by atoms with Gasteiger partial charge in [-0.2, -0.15) is 0 Å². The summed E-state index contributed by atoms with van der Waals surface area (Å²) in [5.41, 5.74) is 1.27. The average Bonchev–Trinajstić information content (AvgIpc) is 2.68. The number of hydrogen-bond acceptors (Lipinski definition) is 4. The maximum Gasteiger partial charge on any atom is 0.262 e. The second-order valence-corrected chi connectivity index (χ2v) is 7.63. The number of aliphatic hydroxyl groups excluding tert-OH is 1. The minimum absolute atomic E-state index is 0.0461. The molecule has 0 unspecified atom stereocenters. The second-order valence-electron chi connectivity index (χ2n) is 5.95. The largest absolute Gasteiger partial charge is 0.495 e. The SMILES string of the molecule is COc1ccc(CO)cc1NS(=O)(=O)c1ccc(-c2ccc(F)cc2F)cc1. The van der Waals surface area contributed by atoms with Crippen LogP contribution in [0.5, 0.6) is 5.75 Å². The van der Waals surface area contributed by atoms with Crippen LogP contribution in [0.2, 0.25) is 0 Å². The van der Waals surface area contributed by atoms with Crippen molar-refractivity contribution in [2.75, 3.05) is 11.8 Å². The molecule has 8 heteroatoms. The Morgan fingerprint density at radius 3 is 2.32 bits per heavy atom. The number of aliphatic hydroxyl groups is 1. The van der Waals surface area contributed by atoms with Crippen LogP contribution in [0.1, 0.15) is 5.56 Å². The van der Waals surface area contributed by atoms with Crippen molar-refractivity contribution < 1.29 is 27.0 Å². The third kappa shape index (κ3) is 4.13. The molecule has 5 nitrogen and oxygen atoms in total. The molecule has 0 bridgehead atoms. The van der Waals surface area contributed by atoms with Crippen LogP contribution in [0, 0.1) is 11.6 Å². The van der Waals surface area contributed by atoms with Crippen LogP contribution in [0.25, 0.3) is 11.1 Å². The third-order valence-corrected chi connectivity index (χ3v) is 5.48. The molecule has 0 aliphatic carbocycles. The molecule has 0 amide bonds. The maximum absolute atomic E-state index is 13.9. The predicted octanol–water partition coefficient (Wildman–Crippen LogP) is 3.93. The number of rotatable bonds is 6.